The van der Waals surface area contributed by atoms with Crippen molar-refractivity contribution in [1.29, 1.82) is 0 Å². The number of rotatable bonds is 5. The van der Waals surface area contributed by atoms with Gasteiger partial charge in [-0.05, 0) is 35.9 Å². The van der Waals surface area contributed by atoms with Crippen molar-refractivity contribution >= 4 is 35.3 Å². The number of hydrogen-bond acceptors (Lipinski definition) is 3. The Morgan fingerprint density at radius 2 is 2.08 bits per heavy atom. The zero-order valence-corrected chi connectivity index (χ0v) is 14.6. The number of benzene rings is 2. The predicted octanol–water partition coefficient (Wildman–Crippen LogP) is 4.00. The summed E-state index contributed by atoms with van der Waals surface area (Å²) in [6.07, 6.45) is 5.06. The molecule has 0 spiro atoms. The smallest absolute Gasteiger partial charge is 0.268 e. The highest BCUT2D eigenvalue weighted by Crippen LogP contribution is 2.19. The van der Waals surface area contributed by atoms with Crippen LogP contribution in [-0.4, -0.2) is 21.9 Å². The van der Waals surface area contributed by atoms with Crippen molar-refractivity contribution in [3.8, 4) is 0 Å². The van der Waals surface area contributed by atoms with Crippen LogP contribution in [0.15, 0.2) is 66.0 Å². The number of amides is 1. The van der Waals surface area contributed by atoms with Gasteiger partial charge in [0.25, 0.3) is 5.91 Å². The van der Waals surface area contributed by atoms with Gasteiger partial charge in [0.05, 0.1) is 17.8 Å². The summed E-state index contributed by atoms with van der Waals surface area (Å²) in [4.78, 5) is 12.2. The third-order valence-corrected chi connectivity index (χ3v) is 3.99. The Morgan fingerprint density at radius 3 is 2.84 bits per heavy atom. The van der Waals surface area contributed by atoms with Crippen molar-refractivity contribution in [2.45, 2.75) is 6.54 Å². The number of nitrogens with one attached hydrogen (secondary N) is 1. The minimum Gasteiger partial charge on any atom is -0.268 e. The Balaban J connectivity index is 1.65. The number of aromatic nitrogens is 2. The highest BCUT2D eigenvalue weighted by Gasteiger charge is 2.06. The lowest BCUT2D eigenvalue weighted by Crippen LogP contribution is -2.18. The van der Waals surface area contributed by atoms with Gasteiger partial charge in [-0.1, -0.05) is 41.4 Å². The van der Waals surface area contributed by atoms with Crippen molar-refractivity contribution in [3.63, 3.8) is 0 Å². The molecule has 126 valence electrons. The van der Waals surface area contributed by atoms with E-state index >= 15 is 0 Å². The maximum atomic E-state index is 12.2. The molecule has 1 heterocycles. The molecule has 1 aromatic heterocycles. The highest BCUT2D eigenvalue weighted by molar-refractivity contribution is 6.36. The molecule has 0 aliphatic rings. The van der Waals surface area contributed by atoms with Crippen molar-refractivity contribution in [1.82, 2.24) is 15.2 Å². The van der Waals surface area contributed by atoms with Gasteiger partial charge in [-0.15, -0.1) is 0 Å². The second-order valence-corrected chi connectivity index (χ2v) is 6.11. The van der Waals surface area contributed by atoms with Crippen LogP contribution in [0.25, 0.3) is 0 Å². The van der Waals surface area contributed by atoms with Crippen molar-refractivity contribution < 1.29 is 4.79 Å². The van der Waals surface area contributed by atoms with E-state index in [0.717, 1.165) is 5.56 Å². The van der Waals surface area contributed by atoms with Gasteiger partial charge in [0, 0.05) is 28.5 Å². The van der Waals surface area contributed by atoms with Crippen molar-refractivity contribution in [2.75, 3.05) is 0 Å². The summed E-state index contributed by atoms with van der Waals surface area (Å²) in [5.41, 5.74) is 4.65. The molecule has 0 saturated carbocycles. The standard InChI is InChI=1S/C18H14Cl2N4O/c19-16-6-5-15(17(20)10-16)11-21-23-18(25)14-4-1-3-13(9-14)12-24-8-2-7-22-24/h1-11H,12H2,(H,23,25)/b21-11+. The molecule has 0 atom stereocenters. The van der Waals surface area contributed by atoms with Gasteiger partial charge in [0.1, 0.15) is 0 Å². The molecule has 0 bridgehead atoms. The maximum absolute atomic E-state index is 12.2. The van der Waals surface area contributed by atoms with E-state index in [2.05, 4.69) is 15.6 Å². The minimum atomic E-state index is -0.302. The molecule has 7 heteroatoms. The number of hydrazone groups is 1. The van der Waals surface area contributed by atoms with Crippen LogP contribution in [0.3, 0.4) is 0 Å². The number of nitrogens with zero attached hydrogens (tertiary/aromatic N) is 3. The van der Waals surface area contributed by atoms with E-state index in [1.54, 1.807) is 35.1 Å². The van der Waals surface area contributed by atoms with Crippen LogP contribution in [0.2, 0.25) is 10.0 Å². The van der Waals surface area contributed by atoms with E-state index in [1.807, 2.05) is 30.5 Å². The van der Waals surface area contributed by atoms with Crippen LogP contribution in [0, 0.1) is 0 Å². The SMILES string of the molecule is O=C(N/N=C/c1ccc(Cl)cc1Cl)c1cccc(Cn2cccn2)c1. The molecule has 0 aliphatic carbocycles. The Morgan fingerprint density at radius 1 is 1.20 bits per heavy atom. The Bertz CT molecular complexity index is 907. The van der Waals surface area contributed by atoms with Gasteiger partial charge in [-0.2, -0.15) is 10.2 Å². The number of carbonyl (C=O) groups is 1. The van der Waals surface area contributed by atoms with Gasteiger partial charge < -0.3 is 0 Å². The summed E-state index contributed by atoms with van der Waals surface area (Å²) < 4.78 is 1.79. The van der Waals surface area contributed by atoms with Gasteiger partial charge in [0.2, 0.25) is 0 Å². The predicted molar refractivity (Wildman–Crippen MR) is 99.3 cm³/mol. The number of hydrogen-bond donors (Lipinski definition) is 1. The summed E-state index contributed by atoms with van der Waals surface area (Å²) in [6, 6.07) is 14.2. The molecule has 5 nitrogen and oxygen atoms in total. The molecule has 3 rings (SSSR count). The minimum absolute atomic E-state index is 0.302. The lowest BCUT2D eigenvalue weighted by atomic mass is 10.1. The summed E-state index contributed by atoms with van der Waals surface area (Å²) in [6.45, 7) is 0.595. The van der Waals surface area contributed by atoms with Crippen LogP contribution in [0.1, 0.15) is 21.5 Å². The van der Waals surface area contributed by atoms with E-state index in [0.29, 0.717) is 27.7 Å². The second-order valence-electron chi connectivity index (χ2n) is 5.27. The first-order valence-corrected chi connectivity index (χ1v) is 8.22. The van der Waals surface area contributed by atoms with Gasteiger partial charge in [-0.25, -0.2) is 5.43 Å². The topological polar surface area (TPSA) is 59.3 Å². The summed E-state index contributed by atoms with van der Waals surface area (Å²) in [5, 5.41) is 9.10. The quantitative estimate of drug-likeness (QED) is 0.543. The fraction of sp³-hybridized carbons (Fsp3) is 0.0556. The van der Waals surface area contributed by atoms with Gasteiger partial charge in [0.15, 0.2) is 0 Å². The monoisotopic (exact) mass is 372 g/mol. The molecule has 2 aromatic carbocycles. The molecule has 0 unspecified atom stereocenters. The van der Waals surface area contributed by atoms with Crippen LogP contribution < -0.4 is 5.43 Å². The molecule has 25 heavy (non-hydrogen) atoms. The van der Waals surface area contributed by atoms with Crippen LogP contribution in [-0.2, 0) is 6.54 Å². The number of carbonyl (C=O) groups excluding carboxylic acids is 1. The number of halogens is 2. The maximum Gasteiger partial charge on any atom is 0.271 e. The molecular weight excluding hydrogens is 359 g/mol. The average molecular weight is 373 g/mol. The van der Waals surface area contributed by atoms with Crippen molar-refractivity contribution in [3.05, 3.63) is 87.7 Å². The molecular formula is C18H14Cl2N4O. The Hall–Kier alpha value is -2.63. The molecule has 0 radical (unpaired) electrons. The van der Waals surface area contributed by atoms with E-state index in [4.69, 9.17) is 23.2 Å². The zero-order valence-electron chi connectivity index (χ0n) is 13.1. The molecule has 1 N–H and O–H groups in total. The lowest BCUT2D eigenvalue weighted by Gasteiger charge is -2.05. The molecule has 0 fully saturated rings. The first-order valence-electron chi connectivity index (χ1n) is 7.46. The van der Waals surface area contributed by atoms with Gasteiger partial charge in [-0.3, -0.25) is 9.48 Å². The van der Waals surface area contributed by atoms with E-state index in [-0.39, 0.29) is 5.91 Å². The zero-order chi connectivity index (χ0) is 17.6. The highest BCUT2D eigenvalue weighted by atomic mass is 35.5. The summed E-state index contributed by atoms with van der Waals surface area (Å²) in [7, 11) is 0. The van der Waals surface area contributed by atoms with E-state index < -0.39 is 0 Å². The Kier molecular flexibility index (Phi) is 5.48. The summed E-state index contributed by atoms with van der Waals surface area (Å²) >= 11 is 11.9. The van der Waals surface area contributed by atoms with E-state index in [1.165, 1.54) is 6.21 Å². The van der Waals surface area contributed by atoms with E-state index in [9.17, 15) is 4.79 Å². The first kappa shape index (κ1) is 17.2. The normalized spacial score (nSPS) is 11.0. The molecule has 3 aromatic rings. The molecule has 0 aliphatic heterocycles. The van der Waals surface area contributed by atoms with Gasteiger partial charge >= 0.3 is 0 Å². The third-order valence-electron chi connectivity index (χ3n) is 3.43. The van der Waals surface area contributed by atoms with Crippen molar-refractivity contribution in [2.24, 2.45) is 5.10 Å². The average Bonchev–Trinajstić information content (AvgIpc) is 3.10. The molecule has 0 saturated heterocycles. The largest absolute Gasteiger partial charge is 0.271 e. The lowest BCUT2D eigenvalue weighted by molar-refractivity contribution is 0.0955. The van der Waals surface area contributed by atoms with Crippen LogP contribution in [0.4, 0.5) is 0 Å². The molecule has 1 amide bonds. The van der Waals surface area contributed by atoms with Crippen LogP contribution in [0.5, 0.6) is 0 Å². The second kappa shape index (κ2) is 7.96. The first-order chi connectivity index (χ1) is 12.1. The Labute approximate surface area is 154 Å². The fourth-order valence-corrected chi connectivity index (χ4v) is 2.68. The summed E-state index contributed by atoms with van der Waals surface area (Å²) in [5.74, 6) is -0.302. The third kappa shape index (κ3) is 4.68. The van der Waals surface area contributed by atoms with Crippen LogP contribution >= 0.6 is 23.2 Å². The fourth-order valence-electron chi connectivity index (χ4n) is 2.22.